The SMILES string of the molecule is CC1(Cc2ccc(C#N)cc2)C(=O)N(c2cc(Cl)cc(Cl)c2)c2ncc(C(=O)NC3(C(O)NC4(c5ccc(C(=O)O)cn5)CC4)CC3)n21. The van der Waals surface area contributed by atoms with E-state index in [0.29, 0.717) is 52.7 Å². The molecule has 2 aliphatic carbocycles. The number of hydrogen-bond acceptors (Lipinski definition) is 8. The summed E-state index contributed by atoms with van der Waals surface area (Å²) >= 11 is 12.6. The van der Waals surface area contributed by atoms with Gasteiger partial charge in [-0.05, 0) is 80.6 Å². The molecule has 0 spiro atoms. The summed E-state index contributed by atoms with van der Waals surface area (Å²) in [4.78, 5) is 49.9. The number of nitrogens with one attached hydrogen (secondary N) is 2. The lowest BCUT2D eigenvalue weighted by Gasteiger charge is -2.30. The third-order valence-electron chi connectivity index (χ3n) is 9.41. The Kier molecular flexibility index (Phi) is 7.56. The molecule has 2 amide bonds. The van der Waals surface area contributed by atoms with Gasteiger partial charge in [0.15, 0.2) is 0 Å². The first-order valence-corrected chi connectivity index (χ1v) is 16.0. The molecule has 2 fully saturated rings. The van der Waals surface area contributed by atoms with E-state index in [1.165, 1.54) is 23.4 Å². The number of carboxylic acid groups (broad SMARTS) is 1. The van der Waals surface area contributed by atoms with Gasteiger partial charge in [-0.3, -0.25) is 24.5 Å². The number of aromatic nitrogens is 3. The van der Waals surface area contributed by atoms with E-state index in [9.17, 15) is 29.9 Å². The molecule has 0 radical (unpaired) electrons. The Morgan fingerprint density at radius 3 is 2.27 bits per heavy atom. The molecule has 3 heterocycles. The average Bonchev–Trinajstić information content (AvgIpc) is 3.96. The van der Waals surface area contributed by atoms with Gasteiger partial charge < -0.3 is 15.5 Å². The molecule has 2 unspecified atom stereocenters. The molecule has 4 aromatic rings. The van der Waals surface area contributed by atoms with Crippen LogP contribution >= 0.6 is 23.2 Å². The second kappa shape index (κ2) is 11.4. The average molecular weight is 687 g/mol. The second-order valence-corrected chi connectivity index (χ2v) is 13.7. The van der Waals surface area contributed by atoms with Crippen molar-refractivity contribution in [2.24, 2.45) is 0 Å². The Labute approximate surface area is 284 Å². The van der Waals surface area contributed by atoms with Crippen LogP contribution in [0, 0.1) is 11.3 Å². The van der Waals surface area contributed by atoms with E-state index in [0.717, 1.165) is 5.56 Å². The molecule has 48 heavy (non-hydrogen) atoms. The summed E-state index contributed by atoms with van der Waals surface area (Å²) in [6.07, 6.45) is 4.11. The molecule has 2 atom stereocenters. The monoisotopic (exact) mass is 685 g/mol. The summed E-state index contributed by atoms with van der Waals surface area (Å²) < 4.78 is 1.60. The normalized spacial score (nSPS) is 20.5. The van der Waals surface area contributed by atoms with Crippen LogP contribution in [0.4, 0.5) is 11.6 Å². The summed E-state index contributed by atoms with van der Waals surface area (Å²) in [6, 6.07) is 16.8. The third-order valence-corrected chi connectivity index (χ3v) is 9.84. The number of rotatable bonds is 10. The highest BCUT2D eigenvalue weighted by Gasteiger charge is 2.57. The molecule has 12 nitrogen and oxygen atoms in total. The summed E-state index contributed by atoms with van der Waals surface area (Å²) in [5.41, 5.74) is -0.515. The number of aliphatic hydroxyl groups is 1. The van der Waals surface area contributed by atoms with Gasteiger partial charge in [-0.25, -0.2) is 14.7 Å². The smallest absolute Gasteiger partial charge is 0.337 e. The number of carbonyl (C=O) groups is 3. The van der Waals surface area contributed by atoms with Gasteiger partial charge in [0, 0.05) is 22.7 Å². The lowest BCUT2D eigenvalue weighted by atomic mass is 9.91. The number of benzene rings is 2. The number of carboxylic acids is 1. The Morgan fingerprint density at radius 2 is 1.71 bits per heavy atom. The van der Waals surface area contributed by atoms with Crippen LogP contribution in [-0.2, 0) is 22.3 Å². The number of anilines is 2. The maximum atomic E-state index is 14.3. The number of aromatic carboxylic acids is 1. The minimum absolute atomic E-state index is 0.0658. The molecule has 0 bridgehead atoms. The van der Waals surface area contributed by atoms with Crippen molar-refractivity contribution >= 4 is 52.6 Å². The van der Waals surface area contributed by atoms with Crippen molar-refractivity contribution in [3.63, 3.8) is 0 Å². The minimum Gasteiger partial charge on any atom is -0.478 e. The summed E-state index contributed by atoms with van der Waals surface area (Å²) in [5, 5.41) is 36.8. The molecule has 244 valence electrons. The van der Waals surface area contributed by atoms with Crippen LogP contribution in [0.5, 0.6) is 0 Å². The number of amides is 2. The number of imidazole rings is 1. The van der Waals surface area contributed by atoms with Crippen LogP contribution in [0.15, 0.2) is 67.0 Å². The first kappa shape index (κ1) is 31.8. The van der Waals surface area contributed by atoms with Crippen molar-refractivity contribution in [2.45, 2.75) is 61.9 Å². The third kappa shape index (κ3) is 5.38. The van der Waals surface area contributed by atoms with E-state index in [1.807, 2.05) is 0 Å². The number of aliphatic hydroxyl groups excluding tert-OH is 1. The Bertz CT molecular complexity index is 2000. The maximum Gasteiger partial charge on any atom is 0.337 e. The molecule has 1 aliphatic heterocycles. The fourth-order valence-corrected chi connectivity index (χ4v) is 6.93. The van der Waals surface area contributed by atoms with Gasteiger partial charge in [-0.15, -0.1) is 0 Å². The van der Waals surface area contributed by atoms with Gasteiger partial charge in [0.1, 0.15) is 17.5 Å². The fraction of sp³-hybridized carbons (Fsp3) is 0.294. The van der Waals surface area contributed by atoms with Crippen molar-refractivity contribution in [1.29, 1.82) is 5.26 Å². The highest BCUT2D eigenvalue weighted by atomic mass is 35.5. The van der Waals surface area contributed by atoms with Crippen LogP contribution in [0.2, 0.25) is 10.0 Å². The molecular weight excluding hydrogens is 657 g/mol. The molecular formula is C34H29Cl2N7O5. The molecule has 7 rings (SSSR count). The van der Waals surface area contributed by atoms with Crippen LogP contribution in [0.3, 0.4) is 0 Å². The van der Waals surface area contributed by atoms with E-state index >= 15 is 0 Å². The highest BCUT2D eigenvalue weighted by molar-refractivity contribution is 6.35. The van der Waals surface area contributed by atoms with Crippen LogP contribution in [0.25, 0.3) is 0 Å². The topological polar surface area (TPSA) is 173 Å². The highest BCUT2D eigenvalue weighted by Crippen LogP contribution is 2.48. The fourth-order valence-electron chi connectivity index (χ4n) is 6.42. The predicted octanol–water partition coefficient (Wildman–Crippen LogP) is 4.65. The summed E-state index contributed by atoms with van der Waals surface area (Å²) in [5.74, 6) is -1.75. The van der Waals surface area contributed by atoms with E-state index in [-0.39, 0.29) is 29.5 Å². The number of pyridine rings is 1. The standard InChI is InChI=1S/C34H29Cl2N7O5/c1-32(15-19-2-4-20(16-37)5-3-19)30(48)42(24-13-22(35)12-23(36)14-24)31-39-18-25(43(31)32)27(44)40-34(10-11-34)29(47)41-33(8-9-33)26-7-6-21(17-38-26)28(45)46/h2-7,12-14,17-18,29,41,47H,8-11,15H2,1H3,(H,40,44)(H,45,46). The maximum absolute atomic E-state index is 14.3. The first-order chi connectivity index (χ1) is 22.9. The van der Waals surface area contributed by atoms with Crippen LogP contribution < -0.4 is 15.5 Å². The van der Waals surface area contributed by atoms with Gasteiger partial charge in [0.25, 0.3) is 11.8 Å². The molecule has 2 saturated carbocycles. The molecule has 2 aromatic carbocycles. The molecule has 3 aliphatic rings. The van der Waals surface area contributed by atoms with Gasteiger partial charge in [-0.2, -0.15) is 5.26 Å². The second-order valence-electron chi connectivity index (χ2n) is 12.8. The van der Waals surface area contributed by atoms with Gasteiger partial charge in [-0.1, -0.05) is 35.3 Å². The van der Waals surface area contributed by atoms with Crippen LogP contribution in [0.1, 0.15) is 70.3 Å². The van der Waals surface area contributed by atoms with E-state index < -0.39 is 34.7 Å². The minimum atomic E-state index is -1.32. The zero-order valence-corrected chi connectivity index (χ0v) is 27.1. The summed E-state index contributed by atoms with van der Waals surface area (Å²) in [6.45, 7) is 1.73. The quantitative estimate of drug-likeness (QED) is 0.173. The molecule has 0 saturated heterocycles. The van der Waals surface area contributed by atoms with E-state index in [4.69, 9.17) is 23.2 Å². The van der Waals surface area contributed by atoms with Gasteiger partial charge >= 0.3 is 5.97 Å². The predicted molar refractivity (Wildman–Crippen MR) is 175 cm³/mol. The lowest BCUT2D eigenvalue weighted by molar-refractivity contribution is -0.123. The van der Waals surface area contributed by atoms with Crippen molar-refractivity contribution < 1.29 is 24.6 Å². The number of hydrogen-bond donors (Lipinski definition) is 4. The van der Waals surface area contributed by atoms with Crippen molar-refractivity contribution in [3.05, 3.63) is 105 Å². The zero-order chi connectivity index (χ0) is 34.0. The Hall–Kier alpha value is -4.80. The number of nitrogens with zero attached hydrogens (tertiary/aromatic N) is 5. The van der Waals surface area contributed by atoms with Crippen molar-refractivity contribution in [2.75, 3.05) is 4.90 Å². The summed E-state index contributed by atoms with van der Waals surface area (Å²) in [7, 11) is 0. The number of carbonyl (C=O) groups excluding carboxylic acids is 2. The number of fused-ring (bicyclic) bond motifs is 1. The Morgan fingerprint density at radius 1 is 1.02 bits per heavy atom. The molecule has 2 aromatic heterocycles. The zero-order valence-electron chi connectivity index (χ0n) is 25.6. The number of nitriles is 1. The molecule has 4 N–H and O–H groups in total. The van der Waals surface area contributed by atoms with Crippen molar-refractivity contribution in [1.82, 2.24) is 25.2 Å². The first-order valence-electron chi connectivity index (χ1n) is 15.2. The van der Waals surface area contributed by atoms with E-state index in [1.54, 1.807) is 60.0 Å². The van der Waals surface area contributed by atoms with E-state index in [2.05, 4.69) is 26.7 Å². The van der Waals surface area contributed by atoms with Gasteiger partial charge in [0.05, 0.1) is 45.9 Å². The van der Waals surface area contributed by atoms with Crippen molar-refractivity contribution in [3.8, 4) is 6.07 Å². The Balaban J connectivity index is 1.19. The molecule has 14 heteroatoms. The van der Waals surface area contributed by atoms with Crippen LogP contribution in [-0.4, -0.2) is 54.3 Å². The largest absolute Gasteiger partial charge is 0.478 e. The number of halogens is 2. The lowest BCUT2D eigenvalue weighted by Crippen LogP contribution is -2.55. The van der Waals surface area contributed by atoms with Gasteiger partial charge in [0.2, 0.25) is 5.95 Å².